The predicted octanol–water partition coefficient (Wildman–Crippen LogP) is 0.530. The quantitative estimate of drug-likeness (QED) is 0.783. The molecule has 0 aliphatic carbocycles. The number of hydrogen-bond acceptors (Lipinski definition) is 3. The van der Waals surface area contributed by atoms with Gasteiger partial charge in [0.05, 0.1) is 12.0 Å². The Labute approximate surface area is 82.3 Å². The van der Waals surface area contributed by atoms with Crippen LogP contribution in [0.3, 0.4) is 0 Å². The maximum atomic E-state index is 11.9. The fraction of sp³-hybridized carbons (Fsp3) is 0.429. The van der Waals surface area contributed by atoms with E-state index in [4.69, 9.17) is 10.8 Å². The smallest absolute Gasteiger partial charge is 0.406 e. The highest BCUT2D eigenvalue weighted by molar-refractivity contribution is 5.74. The molecule has 0 aromatic carbocycles. The lowest BCUT2D eigenvalue weighted by molar-refractivity contribution is -0.140. The van der Waals surface area contributed by atoms with E-state index < -0.39 is 24.7 Å². The number of nitrogens with two attached hydrogens (primary N) is 1. The van der Waals surface area contributed by atoms with Gasteiger partial charge in [-0.25, -0.2) is 4.98 Å². The summed E-state index contributed by atoms with van der Waals surface area (Å²) >= 11 is 0. The molecule has 0 aliphatic rings. The average Bonchev–Trinajstić information content (AvgIpc) is 2.48. The lowest BCUT2D eigenvalue weighted by atomic mass is 10.2. The Morgan fingerprint density at radius 2 is 2.27 bits per heavy atom. The molecule has 0 fully saturated rings. The zero-order valence-electron chi connectivity index (χ0n) is 7.40. The van der Waals surface area contributed by atoms with Crippen molar-refractivity contribution in [3.8, 4) is 0 Å². The van der Waals surface area contributed by atoms with Crippen molar-refractivity contribution in [2.45, 2.75) is 18.8 Å². The third-order valence-electron chi connectivity index (χ3n) is 1.60. The standard InChI is InChI=1S/C7H8F3N3O2/c8-7(9,10)2-13-1-4(12-3-13)5(11)6(14)15/h1,3,5H,2,11H2,(H,14,15). The fourth-order valence-corrected chi connectivity index (χ4v) is 0.958. The predicted molar refractivity (Wildman–Crippen MR) is 42.8 cm³/mol. The molecular weight excluding hydrogens is 215 g/mol. The van der Waals surface area contributed by atoms with Crippen molar-refractivity contribution < 1.29 is 23.1 Å². The lowest BCUT2D eigenvalue weighted by Crippen LogP contribution is -2.21. The summed E-state index contributed by atoms with van der Waals surface area (Å²) < 4.78 is 36.5. The van der Waals surface area contributed by atoms with Crippen molar-refractivity contribution in [1.82, 2.24) is 9.55 Å². The zero-order valence-corrected chi connectivity index (χ0v) is 7.40. The Bertz CT molecular complexity index is 361. The van der Waals surface area contributed by atoms with Crippen molar-refractivity contribution in [3.63, 3.8) is 0 Å². The normalized spacial score (nSPS) is 13.9. The molecule has 1 atom stereocenters. The first kappa shape index (κ1) is 11.5. The number of nitrogens with zero attached hydrogens (tertiary/aromatic N) is 2. The van der Waals surface area contributed by atoms with Gasteiger partial charge in [-0.05, 0) is 0 Å². The number of hydrogen-bond donors (Lipinski definition) is 2. The number of carboxylic acids is 1. The number of alkyl halides is 3. The summed E-state index contributed by atoms with van der Waals surface area (Å²) in [5.74, 6) is -1.34. The number of carbonyl (C=O) groups is 1. The highest BCUT2D eigenvalue weighted by Crippen LogP contribution is 2.18. The van der Waals surface area contributed by atoms with E-state index >= 15 is 0 Å². The maximum absolute atomic E-state index is 11.9. The van der Waals surface area contributed by atoms with E-state index in [1.54, 1.807) is 0 Å². The summed E-state index contributed by atoms with van der Waals surface area (Å²) in [5.41, 5.74) is 5.05. The van der Waals surface area contributed by atoms with Crippen LogP contribution in [0.2, 0.25) is 0 Å². The molecule has 1 rings (SSSR count). The summed E-state index contributed by atoms with van der Waals surface area (Å²) in [4.78, 5) is 13.9. The van der Waals surface area contributed by atoms with Gasteiger partial charge >= 0.3 is 12.1 Å². The van der Waals surface area contributed by atoms with Crippen LogP contribution in [-0.2, 0) is 11.3 Å². The monoisotopic (exact) mass is 223 g/mol. The van der Waals surface area contributed by atoms with Crippen LogP contribution < -0.4 is 5.73 Å². The van der Waals surface area contributed by atoms with E-state index in [-0.39, 0.29) is 5.69 Å². The van der Waals surface area contributed by atoms with Gasteiger partial charge in [0, 0.05) is 6.20 Å². The van der Waals surface area contributed by atoms with Gasteiger partial charge in [0.15, 0.2) is 0 Å². The second kappa shape index (κ2) is 3.89. The summed E-state index contributed by atoms with van der Waals surface area (Å²) in [6.07, 6.45) is -2.51. The summed E-state index contributed by atoms with van der Waals surface area (Å²) in [5, 5.41) is 8.48. The van der Waals surface area contributed by atoms with Crippen LogP contribution in [0.4, 0.5) is 13.2 Å². The molecule has 1 aromatic heterocycles. The second-order valence-corrected chi connectivity index (χ2v) is 2.90. The number of rotatable bonds is 3. The molecule has 8 heteroatoms. The number of halogens is 3. The SMILES string of the molecule is NC(C(=O)O)c1cn(CC(F)(F)F)cn1. The molecule has 15 heavy (non-hydrogen) atoms. The molecule has 1 aromatic rings. The summed E-state index contributed by atoms with van der Waals surface area (Å²) in [6.45, 7) is -1.22. The minimum absolute atomic E-state index is 0.105. The summed E-state index contributed by atoms with van der Waals surface area (Å²) in [7, 11) is 0. The van der Waals surface area contributed by atoms with Crippen molar-refractivity contribution >= 4 is 5.97 Å². The van der Waals surface area contributed by atoms with Gasteiger partial charge in [-0.3, -0.25) is 4.79 Å². The Morgan fingerprint density at radius 3 is 2.73 bits per heavy atom. The van der Waals surface area contributed by atoms with Crippen LogP contribution in [0, 0.1) is 0 Å². The van der Waals surface area contributed by atoms with Crippen LogP contribution in [0.25, 0.3) is 0 Å². The van der Waals surface area contributed by atoms with Gasteiger partial charge in [0.1, 0.15) is 12.6 Å². The van der Waals surface area contributed by atoms with Crippen molar-refractivity contribution in [3.05, 3.63) is 18.2 Å². The molecule has 0 saturated heterocycles. The van der Waals surface area contributed by atoms with Gasteiger partial charge in [0.25, 0.3) is 0 Å². The number of aliphatic carboxylic acids is 1. The zero-order chi connectivity index (χ0) is 11.6. The third-order valence-corrected chi connectivity index (χ3v) is 1.60. The molecule has 0 spiro atoms. The van der Waals surface area contributed by atoms with E-state index in [2.05, 4.69) is 4.98 Å². The second-order valence-electron chi connectivity index (χ2n) is 2.90. The molecule has 0 amide bonds. The first-order chi connectivity index (χ1) is 6.79. The van der Waals surface area contributed by atoms with Crippen LogP contribution in [0.15, 0.2) is 12.5 Å². The molecule has 0 bridgehead atoms. The molecule has 5 nitrogen and oxygen atoms in total. The molecule has 3 N–H and O–H groups in total. The molecule has 1 unspecified atom stereocenters. The van der Waals surface area contributed by atoms with E-state index in [1.165, 1.54) is 0 Å². The molecular formula is C7H8F3N3O2. The minimum atomic E-state index is -4.37. The first-order valence-corrected chi connectivity index (χ1v) is 3.86. The van der Waals surface area contributed by atoms with Crippen molar-refractivity contribution in [1.29, 1.82) is 0 Å². The van der Waals surface area contributed by atoms with Crippen molar-refractivity contribution in [2.75, 3.05) is 0 Å². The highest BCUT2D eigenvalue weighted by Gasteiger charge is 2.28. The van der Waals surface area contributed by atoms with Gasteiger partial charge < -0.3 is 15.4 Å². The van der Waals surface area contributed by atoms with Gasteiger partial charge in [-0.1, -0.05) is 0 Å². The maximum Gasteiger partial charge on any atom is 0.406 e. The highest BCUT2D eigenvalue weighted by atomic mass is 19.4. The Balaban J connectivity index is 2.77. The molecule has 0 radical (unpaired) electrons. The molecule has 1 heterocycles. The van der Waals surface area contributed by atoms with Gasteiger partial charge in [-0.2, -0.15) is 13.2 Å². The summed E-state index contributed by atoms with van der Waals surface area (Å²) in [6, 6.07) is -1.40. The van der Waals surface area contributed by atoms with Gasteiger partial charge in [0.2, 0.25) is 0 Å². The topological polar surface area (TPSA) is 81.1 Å². The van der Waals surface area contributed by atoms with Crippen molar-refractivity contribution in [2.24, 2.45) is 5.73 Å². The van der Waals surface area contributed by atoms with Crippen LogP contribution in [0.5, 0.6) is 0 Å². The molecule has 84 valence electrons. The van der Waals surface area contributed by atoms with E-state index in [9.17, 15) is 18.0 Å². The lowest BCUT2D eigenvalue weighted by Gasteiger charge is -2.06. The first-order valence-electron chi connectivity index (χ1n) is 3.86. The van der Waals surface area contributed by atoms with Crippen LogP contribution in [0.1, 0.15) is 11.7 Å². The fourth-order valence-electron chi connectivity index (χ4n) is 0.958. The third kappa shape index (κ3) is 3.24. The van der Waals surface area contributed by atoms with Crippen LogP contribution in [-0.4, -0.2) is 26.8 Å². The number of imidazole rings is 1. The van der Waals surface area contributed by atoms with E-state index in [0.29, 0.717) is 0 Å². The molecule has 0 saturated carbocycles. The van der Waals surface area contributed by atoms with E-state index in [1.807, 2.05) is 0 Å². The Morgan fingerprint density at radius 1 is 1.67 bits per heavy atom. The van der Waals surface area contributed by atoms with E-state index in [0.717, 1.165) is 17.1 Å². The molecule has 0 aliphatic heterocycles. The average molecular weight is 223 g/mol. The Kier molecular flexibility index (Phi) is 2.98. The Hall–Kier alpha value is -1.57. The van der Waals surface area contributed by atoms with Gasteiger partial charge in [-0.15, -0.1) is 0 Å². The largest absolute Gasteiger partial charge is 0.480 e. The number of carboxylic acid groups (broad SMARTS) is 1. The number of aromatic nitrogens is 2. The van der Waals surface area contributed by atoms with Crippen LogP contribution >= 0.6 is 0 Å². The minimum Gasteiger partial charge on any atom is -0.480 e.